The van der Waals surface area contributed by atoms with Crippen LogP contribution in [0.3, 0.4) is 0 Å². The van der Waals surface area contributed by atoms with Gasteiger partial charge in [0.25, 0.3) is 0 Å². The van der Waals surface area contributed by atoms with E-state index in [-0.39, 0.29) is 6.10 Å². The molecule has 0 aliphatic carbocycles. The second-order valence-corrected chi connectivity index (χ2v) is 4.91. The Kier molecular flexibility index (Phi) is 4.21. The van der Waals surface area contributed by atoms with Crippen LogP contribution in [-0.2, 0) is 12.8 Å². The van der Waals surface area contributed by atoms with Gasteiger partial charge in [-0.25, -0.2) is 0 Å². The Morgan fingerprint density at radius 2 is 2.06 bits per heavy atom. The summed E-state index contributed by atoms with van der Waals surface area (Å²) >= 11 is 0. The molecule has 1 atom stereocenters. The van der Waals surface area contributed by atoms with E-state index in [1.54, 1.807) is 6.26 Å². The van der Waals surface area contributed by atoms with Gasteiger partial charge in [0.15, 0.2) is 0 Å². The van der Waals surface area contributed by atoms with Gasteiger partial charge in [-0.1, -0.05) is 23.8 Å². The Labute approximate surface area is 108 Å². The van der Waals surface area contributed by atoms with Crippen LogP contribution in [0.1, 0.15) is 28.9 Å². The summed E-state index contributed by atoms with van der Waals surface area (Å²) in [5.74, 6) is 0.940. The van der Waals surface area contributed by atoms with Crippen molar-refractivity contribution in [3.63, 3.8) is 0 Å². The fourth-order valence-electron chi connectivity index (χ4n) is 2.14. The molecule has 0 fully saturated rings. The maximum atomic E-state index is 10.1. The van der Waals surface area contributed by atoms with Gasteiger partial charge in [0, 0.05) is 6.42 Å². The summed E-state index contributed by atoms with van der Waals surface area (Å²) in [5.41, 5.74) is 3.73. The molecule has 1 unspecified atom stereocenters. The SMILES string of the molecule is Cc1ccc(C)c(CC(O)CCc2ccco2)c1. The molecular formula is C16H20O2. The molecule has 0 bridgehead atoms. The van der Waals surface area contributed by atoms with E-state index < -0.39 is 0 Å². The Balaban J connectivity index is 1.90. The third-order valence-corrected chi connectivity index (χ3v) is 3.26. The predicted octanol–water partition coefficient (Wildman–Crippen LogP) is 3.43. The first-order valence-corrected chi connectivity index (χ1v) is 6.42. The summed E-state index contributed by atoms with van der Waals surface area (Å²) < 4.78 is 5.27. The van der Waals surface area contributed by atoms with Gasteiger partial charge in [0.05, 0.1) is 12.4 Å². The third-order valence-electron chi connectivity index (χ3n) is 3.26. The van der Waals surface area contributed by atoms with Crippen LogP contribution in [0, 0.1) is 13.8 Å². The monoisotopic (exact) mass is 244 g/mol. The molecule has 2 heteroatoms. The van der Waals surface area contributed by atoms with Crippen LogP contribution in [0.2, 0.25) is 0 Å². The molecule has 2 aromatic rings. The van der Waals surface area contributed by atoms with Crippen LogP contribution in [0.25, 0.3) is 0 Å². The topological polar surface area (TPSA) is 33.4 Å². The van der Waals surface area contributed by atoms with Gasteiger partial charge >= 0.3 is 0 Å². The highest BCUT2D eigenvalue weighted by molar-refractivity contribution is 5.30. The van der Waals surface area contributed by atoms with Crippen molar-refractivity contribution >= 4 is 0 Å². The number of aliphatic hydroxyl groups is 1. The molecule has 1 heterocycles. The van der Waals surface area contributed by atoms with Gasteiger partial charge in [0.1, 0.15) is 5.76 Å². The maximum Gasteiger partial charge on any atom is 0.103 e. The lowest BCUT2D eigenvalue weighted by Crippen LogP contribution is -2.12. The first-order chi connectivity index (χ1) is 8.65. The number of benzene rings is 1. The minimum atomic E-state index is -0.310. The maximum absolute atomic E-state index is 10.1. The average molecular weight is 244 g/mol. The van der Waals surface area contributed by atoms with Gasteiger partial charge in [-0.05, 0) is 49.9 Å². The van der Waals surface area contributed by atoms with Crippen molar-refractivity contribution in [2.24, 2.45) is 0 Å². The van der Waals surface area contributed by atoms with Gasteiger partial charge in [-0.15, -0.1) is 0 Å². The Morgan fingerprint density at radius 3 is 2.78 bits per heavy atom. The fourth-order valence-corrected chi connectivity index (χ4v) is 2.14. The lowest BCUT2D eigenvalue weighted by Gasteiger charge is -2.12. The molecule has 2 rings (SSSR count). The molecule has 1 aromatic heterocycles. The van der Waals surface area contributed by atoms with Crippen molar-refractivity contribution in [2.75, 3.05) is 0 Å². The van der Waals surface area contributed by atoms with Crippen LogP contribution >= 0.6 is 0 Å². The number of hydrogen-bond donors (Lipinski definition) is 1. The zero-order valence-corrected chi connectivity index (χ0v) is 11.0. The van der Waals surface area contributed by atoms with Crippen LogP contribution in [0.15, 0.2) is 41.0 Å². The molecule has 0 saturated carbocycles. The van der Waals surface area contributed by atoms with Crippen LogP contribution in [0.5, 0.6) is 0 Å². The summed E-state index contributed by atoms with van der Waals surface area (Å²) in [6.45, 7) is 4.17. The molecule has 0 radical (unpaired) electrons. The van der Waals surface area contributed by atoms with E-state index in [4.69, 9.17) is 4.42 Å². The van der Waals surface area contributed by atoms with E-state index in [1.807, 2.05) is 12.1 Å². The standard InChI is InChI=1S/C16H20O2/c1-12-5-6-13(2)14(10-12)11-15(17)7-8-16-4-3-9-18-16/h3-6,9-10,15,17H,7-8,11H2,1-2H3. The number of aryl methyl sites for hydroxylation is 3. The molecule has 0 spiro atoms. The van der Waals surface area contributed by atoms with Crippen LogP contribution in [-0.4, -0.2) is 11.2 Å². The van der Waals surface area contributed by atoms with E-state index >= 15 is 0 Å². The summed E-state index contributed by atoms with van der Waals surface area (Å²) in [4.78, 5) is 0. The Bertz CT molecular complexity index is 486. The number of hydrogen-bond acceptors (Lipinski definition) is 2. The molecular weight excluding hydrogens is 224 g/mol. The van der Waals surface area contributed by atoms with Crippen molar-refractivity contribution in [3.05, 3.63) is 59.0 Å². The van der Waals surface area contributed by atoms with Crippen molar-refractivity contribution < 1.29 is 9.52 Å². The minimum Gasteiger partial charge on any atom is -0.469 e. The van der Waals surface area contributed by atoms with E-state index in [9.17, 15) is 5.11 Å². The van der Waals surface area contributed by atoms with Gasteiger partial charge in [-0.3, -0.25) is 0 Å². The number of aliphatic hydroxyl groups excluding tert-OH is 1. The molecule has 0 aliphatic heterocycles. The summed E-state index contributed by atoms with van der Waals surface area (Å²) in [5, 5.41) is 10.1. The van der Waals surface area contributed by atoms with E-state index in [1.165, 1.54) is 16.7 Å². The molecule has 2 nitrogen and oxygen atoms in total. The third kappa shape index (κ3) is 3.47. The van der Waals surface area contributed by atoms with Crippen LogP contribution in [0.4, 0.5) is 0 Å². The quantitative estimate of drug-likeness (QED) is 0.874. The molecule has 0 amide bonds. The average Bonchev–Trinajstić information content (AvgIpc) is 2.84. The first kappa shape index (κ1) is 12.9. The highest BCUT2D eigenvalue weighted by Gasteiger charge is 2.09. The van der Waals surface area contributed by atoms with Gasteiger partial charge < -0.3 is 9.52 Å². The molecule has 1 N–H and O–H groups in total. The van der Waals surface area contributed by atoms with Gasteiger partial charge in [0.2, 0.25) is 0 Å². The van der Waals surface area contributed by atoms with E-state index in [0.29, 0.717) is 6.42 Å². The minimum absolute atomic E-state index is 0.310. The second kappa shape index (κ2) is 5.87. The molecule has 0 saturated heterocycles. The number of rotatable bonds is 5. The lowest BCUT2D eigenvalue weighted by molar-refractivity contribution is 0.162. The summed E-state index contributed by atoms with van der Waals surface area (Å²) in [6.07, 6.45) is 3.61. The summed E-state index contributed by atoms with van der Waals surface area (Å²) in [7, 11) is 0. The van der Waals surface area contributed by atoms with Crippen molar-refractivity contribution in [3.8, 4) is 0 Å². The molecule has 18 heavy (non-hydrogen) atoms. The Hall–Kier alpha value is -1.54. The molecule has 96 valence electrons. The first-order valence-electron chi connectivity index (χ1n) is 6.42. The zero-order chi connectivity index (χ0) is 13.0. The zero-order valence-electron chi connectivity index (χ0n) is 11.0. The van der Waals surface area contributed by atoms with E-state index in [2.05, 4.69) is 32.0 Å². The second-order valence-electron chi connectivity index (χ2n) is 4.91. The van der Waals surface area contributed by atoms with Crippen molar-refractivity contribution in [1.29, 1.82) is 0 Å². The van der Waals surface area contributed by atoms with Gasteiger partial charge in [-0.2, -0.15) is 0 Å². The lowest BCUT2D eigenvalue weighted by atomic mass is 9.98. The Morgan fingerprint density at radius 1 is 1.22 bits per heavy atom. The molecule has 1 aromatic carbocycles. The van der Waals surface area contributed by atoms with Crippen molar-refractivity contribution in [2.45, 2.75) is 39.2 Å². The van der Waals surface area contributed by atoms with E-state index in [0.717, 1.165) is 18.6 Å². The van der Waals surface area contributed by atoms with Crippen LogP contribution < -0.4 is 0 Å². The summed E-state index contributed by atoms with van der Waals surface area (Å²) in [6, 6.07) is 10.2. The fraction of sp³-hybridized carbons (Fsp3) is 0.375. The molecule has 0 aliphatic rings. The van der Waals surface area contributed by atoms with Crippen molar-refractivity contribution in [1.82, 2.24) is 0 Å². The highest BCUT2D eigenvalue weighted by atomic mass is 16.3. The normalized spacial score (nSPS) is 12.6. The number of furan rings is 1. The smallest absolute Gasteiger partial charge is 0.103 e. The highest BCUT2D eigenvalue weighted by Crippen LogP contribution is 2.15. The predicted molar refractivity (Wildman–Crippen MR) is 72.7 cm³/mol. The largest absolute Gasteiger partial charge is 0.469 e.